The number of aromatic nitrogens is 2. The van der Waals surface area contributed by atoms with Gasteiger partial charge in [-0.05, 0) is 25.1 Å². The van der Waals surface area contributed by atoms with Gasteiger partial charge in [-0.3, -0.25) is 4.68 Å². The Morgan fingerprint density at radius 2 is 2.45 bits per heavy atom. The van der Waals surface area contributed by atoms with Crippen molar-refractivity contribution in [2.45, 2.75) is 13.3 Å². The van der Waals surface area contributed by atoms with Gasteiger partial charge in [0.1, 0.15) is 0 Å². The third-order valence-electron chi connectivity index (χ3n) is 1.60. The van der Waals surface area contributed by atoms with Gasteiger partial charge in [0, 0.05) is 13.2 Å². The number of likely N-dealkylation sites (N-methyl/N-ethyl adjacent to an activating group) is 1. The monoisotopic (exact) mass is 153 g/mol. The van der Waals surface area contributed by atoms with E-state index in [1.54, 1.807) is 0 Å². The van der Waals surface area contributed by atoms with Gasteiger partial charge >= 0.3 is 0 Å². The summed E-state index contributed by atoms with van der Waals surface area (Å²) in [6, 6.07) is 0. The van der Waals surface area contributed by atoms with Crippen LogP contribution in [-0.4, -0.2) is 22.9 Å². The highest BCUT2D eigenvalue weighted by Gasteiger charge is 1.93. The lowest BCUT2D eigenvalue weighted by atomic mass is 10.2. The molecule has 0 amide bonds. The van der Waals surface area contributed by atoms with Gasteiger partial charge in [0.25, 0.3) is 0 Å². The third-order valence-corrected chi connectivity index (χ3v) is 1.60. The first-order chi connectivity index (χ1) is 5.33. The predicted octanol–water partition coefficient (Wildman–Crippen LogP) is 0.572. The van der Waals surface area contributed by atoms with E-state index in [4.69, 9.17) is 0 Å². The van der Waals surface area contributed by atoms with E-state index in [-0.39, 0.29) is 0 Å². The fourth-order valence-corrected chi connectivity index (χ4v) is 1.01. The number of aryl methyl sites for hydroxylation is 1. The first-order valence-electron chi connectivity index (χ1n) is 4.01. The minimum Gasteiger partial charge on any atom is -0.317 e. The SMILES string of the molecule is CCNCCc1cnn(C)c1. The first kappa shape index (κ1) is 8.27. The number of nitrogens with one attached hydrogen (secondary N) is 1. The average Bonchev–Trinajstić information content (AvgIpc) is 2.37. The van der Waals surface area contributed by atoms with E-state index >= 15 is 0 Å². The van der Waals surface area contributed by atoms with Crippen molar-refractivity contribution in [1.82, 2.24) is 15.1 Å². The van der Waals surface area contributed by atoms with Crippen LogP contribution in [0.3, 0.4) is 0 Å². The van der Waals surface area contributed by atoms with Gasteiger partial charge in [-0.25, -0.2) is 0 Å². The van der Waals surface area contributed by atoms with Gasteiger partial charge in [0.2, 0.25) is 0 Å². The molecule has 0 bridgehead atoms. The van der Waals surface area contributed by atoms with Crippen LogP contribution < -0.4 is 5.32 Å². The van der Waals surface area contributed by atoms with Crippen molar-refractivity contribution >= 4 is 0 Å². The van der Waals surface area contributed by atoms with Crippen LogP contribution in [0.25, 0.3) is 0 Å². The minimum atomic E-state index is 1.04. The molecule has 0 radical (unpaired) electrons. The smallest absolute Gasteiger partial charge is 0.0522 e. The largest absolute Gasteiger partial charge is 0.317 e. The number of rotatable bonds is 4. The van der Waals surface area contributed by atoms with E-state index in [1.165, 1.54) is 5.56 Å². The van der Waals surface area contributed by atoms with Crippen molar-refractivity contribution in [3.05, 3.63) is 18.0 Å². The Kier molecular flexibility index (Phi) is 3.11. The molecule has 0 atom stereocenters. The molecule has 0 saturated carbocycles. The molecule has 1 rings (SSSR count). The summed E-state index contributed by atoms with van der Waals surface area (Å²) in [6.45, 7) is 4.20. The Labute approximate surface area is 67.4 Å². The molecule has 1 aromatic heterocycles. The molecule has 0 fully saturated rings. The van der Waals surface area contributed by atoms with Crippen LogP contribution in [0.4, 0.5) is 0 Å². The van der Waals surface area contributed by atoms with Crippen molar-refractivity contribution in [3.8, 4) is 0 Å². The van der Waals surface area contributed by atoms with E-state index in [0.29, 0.717) is 0 Å². The van der Waals surface area contributed by atoms with Crippen LogP contribution in [0.15, 0.2) is 12.4 Å². The first-order valence-corrected chi connectivity index (χ1v) is 4.01. The van der Waals surface area contributed by atoms with Crippen LogP contribution in [0.2, 0.25) is 0 Å². The summed E-state index contributed by atoms with van der Waals surface area (Å²) in [5, 5.41) is 7.35. The Morgan fingerprint density at radius 3 is 3.00 bits per heavy atom. The van der Waals surface area contributed by atoms with E-state index in [1.807, 2.05) is 17.9 Å². The lowest BCUT2D eigenvalue weighted by molar-refractivity contribution is 0.715. The molecule has 1 N–H and O–H groups in total. The lowest BCUT2D eigenvalue weighted by Gasteiger charge is -1.96. The molecular formula is C8H15N3. The van der Waals surface area contributed by atoms with E-state index < -0.39 is 0 Å². The van der Waals surface area contributed by atoms with E-state index in [9.17, 15) is 0 Å². The Hall–Kier alpha value is -0.830. The molecule has 0 aromatic carbocycles. The van der Waals surface area contributed by atoms with Crippen molar-refractivity contribution in [3.63, 3.8) is 0 Å². The third kappa shape index (κ3) is 2.72. The molecule has 0 aliphatic rings. The van der Waals surface area contributed by atoms with Gasteiger partial charge in [-0.2, -0.15) is 5.10 Å². The van der Waals surface area contributed by atoms with Gasteiger partial charge in [-0.1, -0.05) is 6.92 Å². The highest BCUT2D eigenvalue weighted by molar-refractivity contribution is 5.03. The molecule has 0 aliphatic carbocycles. The van der Waals surface area contributed by atoms with Crippen molar-refractivity contribution in [2.75, 3.05) is 13.1 Å². The lowest BCUT2D eigenvalue weighted by Crippen LogP contribution is -2.15. The maximum atomic E-state index is 4.08. The predicted molar refractivity (Wildman–Crippen MR) is 45.5 cm³/mol. The maximum Gasteiger partial charge on any atom is 0.0522 e. The second-order valence-corrected chi connectivity index (χ2v) is 2.63. The Bertz CT molecular complexity index is 205. The molecule has 11 heavy (non-hydrogen) atoms. The summed E-state index contributed by atoms with van der Waals surface area (Å²) in [4.78, 5) is 0. The molecule has 0 spiro atoms. The second-order valence-electron chi connectivity index (χ2n) is 2.63. The zero-order valence-electron chi connectivity index (χ0n) is 7.17. The topological polar surface area (TPSA) is 29.9 Å². The highest BCUT2D eigenvalue weighted by atomic mass is 15.2. The summed E-state index contributed by atoms with van der Waals surface area (Å²) >= 11 is 0. The molecule has 0 aliphatic heterocycles. The maximum absolute atomic E-state index is 4.08. The van der Waals surface area contributed by atoms with Gasteiger partial charge in [0.15, 0.2) is 0 Å². The fraction of sp³-hybridized carbons (Fsp3) is 0.625. The zero-order chi connectivity index (χ0) is 8.10. The van der Waals surface area contributed by atoms with Crippen molar-refractivity contribution in [1.29, 1.82) is 0 Å². The van der Waals surface area contributed by atoms with Crippen LogP contribution in [-0.2, 0) is 13.5 Å². The van der Waals surface area contributed by atoms with Gasteiger partial charge < -0.3 is 5.32 Å². The van der Waals surface area contributed by atoms with Gasteiger partial charge in [-0.15, -0.1) is 0 Å². The molecule has 1 aromatic rings. The normalized spacial score (nSPS) is 10.4. The second kappa shape index (κ2) is 4.13. The van der Waals surface area contributed by atoms with Crippen LogP contribution >= 0.6 is 0 Å². The van der Waals surface area contributed by atoms with E-state index in [2.05, 4.69) is 23.5 Å². The molecule has 3 nitrogen and oxygen atoms in total. The van der Waals surface area contributed by atoms with Crippen molar-refractivity contribution < 1.29 is 0 Å². The summed E-state index contributed by atoms with van der Waals surface area (Å²) in [6.07, 6.45) is 5.04. The fourth-order valence-electron chi connectivity index (χ4n) is 1.01. The molecule has 3 heteroatoms. The number of hydrogen-bond acceptors (Lipinski definition) is 2. The summed E-state index contributed by atoms with van der Waals surface area (Å²) in [5.41, 5.74) is 1.30. The summed E-state index contributed by atoms with van der Waals surface area (Å²) in [5.74, 6) is 0. The summed E-state index contributed by atoms with van der Waals surface area (Å²) < 4.78 is 1.83. The van der Waals surface area contributed by atoms with Crippen LogP contribution in [0, 0.1) is 0 Å². The molecule has 62 valence electrons. The minimum absolute atomic E-state index is 1.04. The Morgan fingerprint density at radius 1 is 1.64 bits per heavy atom. The zero-order valence-corrected chi connectivity index (χ0v) is 7.17. The summed E-state index contributed by atoms with van der Waals surface area (Å²) in [7, 11) is 1.94. The molecule has 1 heterocycles. The molecule has 0 unspecified atom stereocenters. The van der Waals surface area contributed by atoms with Crippen LogP contribution in [0.5, 0.6) is 0 Å². The van der Waals surface area contributed by atoms with E-state index in [0.717, 1.165) is 19.5 Å². The number of nitrogens with zero attached hydrogens (tertiary/aromatic N) is 2. The quantitative estimate of drug-likeness (QED) is 0.641. The Balaban J connectivity index is 2.27. The number of hydrogen-bond donors (Lipinski definition) is 1. The molecule has 0 saturated heterocycles. The van der Waals surface area contributed by atoms with Gasteiger partial charge in [0.05, 0.1) is 6.20 Å². The average molecular weight is 153 g/mol. The van der Waals surface area contributed by atoms with Crippen molar-refractivity contribution in [2.24, 2.45) is 7.05 Å². The highest BCUT2D eigenvalue weighted by Crippen LogP contribution is 1.95. The standard InChI is InChI=1S/C8H15N3/c1-3-9-5-4-8-6-10-11(2)7-8/h6-7,9H,3-5H2,1-2H3. The molecular weight excluding hydrogens is 138 g/mol. The van der Waals surface area contributed by atoms with Crippen LogP contribution in [0.1, 0.15) is 12.5 Å².